The molecule has 0 aliphatic heterocycles. The number of nitrogens with two attached hydrogens (primary N) is 1. The smallest absolute Gasteiger partial charge is 0.0477 e. The molecule has 0 spiro atoms. The van der Waals surface area contributed by atoms with E-state index < -0.39 is 0 Å². The second-order valence-corrected chi connectivity index (χ2v) is 2.47. The van der Waals surface area contributed by atoms with Gasteiger partial charge in [0.2, 0.25) is 0 Å². The normalized spacial score (nSPS) is 14.3. The zero-order valence-corrected chi connectivity index (χ0v) is 6.48. The van der Waals surface area contributed by atoms with Crippen LogP contribution in [0.25, 0.3) is 0 Å². The Hall–Kier alpha value is -0.0800. The molecule has 2 nitrogen and oxygen atoms in total. The lowest BCUT2D eigenvalue weighted by atomic mass is 10.0. The van der Waals surface area contributed by atoms with Crippen LogP contribution in [0.1, 0.15) is 20.3 Å². The highest BCUT2D eigenvalue weighted by atomic mass is 16.5. The second kappa shape index (κ2) is 4.77. The topological polar surface area (TPSA) is 35.2 Å². The van der Waals surface area contributed by atoms with Gasteiger partial charge in [-0.15, -0.1) is 0 Å². The summed E-state index contributed by atoms with van der Waals surface area (Å²) in [7, 11) is 1.69. The molecule has 0 amide bonds. The van der Waals surface area contributed by atoms with Gasteiger partial charge in [0, 0.05) is 19.8 Å². The number of methoxy groups -OCH3 is 1. The Bertz CT molecular complexity index is 63.9. The fraction of sp³-hybridized carbons (Fsp3) is 0.857. The minimum Gasteiger partial charge on any atom is -0.385 e. The lowest BCUT2D eigenvalue weighted by Gasteiger charge is -2.13. The van der Waals surface area contributed by atoms with Gasteiger partial charge in [-0.05, 0) is 12.3 Å². The van der Waals surface area contributed by atoms with Crippen LogP contribution in [0.2, 0.25) is 0 Å². The number of hydrogen-bond donors (Lipinski definition) is 1. The first-order chi connectivity index (χ1) is 4.18. The molecular weight excluding hydrogens is 114 g/mol. The predicted molar refractivity (Wildman–Crippen MR) is 39.1 cm³/mol. The first kappa shape index (κ1) is 8.92. The van der Waals surface area contributed by atoms with Crippen LogP contribution in [0.3, 0.4) is 0 Å². The number of rotatable bonds is 4. The Labute approximate surface area is 57.4 Å². The Kier molecular flexibility index (Phi) is 4.72. The van der Waals surface area contributed by atoms with Crippen molar-refractivity contribution in [1.82, 2.24) is 0 Å². The van der Waals surface area contributed by atoms with E-state index in [1.165, 1.54) is 5.92 Å². The third kappa shape index (κ3) is 4.43. The van der Waals surface area contributed by atoms with Crippen LogP contribution in [0, 0.1) is 5.92 Å². The van der Waals surface area contributed by atoms with Gasteiger partial charge >= 0.3 is 0 Å². The molecule has 0 aromatic heterocycles. The van der Waals surface area contributed by atoms with Crippen molar-refractivity contribution in [2.75, 3.05) is 13.7 Å². The Morgan fingerprint density at radius 1 is 1.56 bits per heavy atom. The molecule has 0 saturated heterocycles. The van der Waals surface area contributed by atoms with E-state index in [-0.39, 0.29) is 6.04 Å². The molecule has 0 fully saturated rings. The summed E-state index contributed by atoms with van der Waals surface area (Å²) in [6, 6.07) is 0.213. The summed E-state index contributed by atoms with van der Waals surface area (Å²) in [5.74, 6) is 1.27. The maximum atomic E-state index is 5.69. The highest BCUT2D eigenvalue weighted by Gasteiger charge is 2.05. The molecule has 9 heavy (non-hydrogen) atoms. The lowest BCUT2D eigenvalue weighted by molar-refractivity contribution is 0.189. The highest BCUT2D eigenvalue weighted by molar-refractivity contribution is 4.89. The summed E-state index contributed by atoms with van der Waals surface area (Å²) in [4.78, 5) is 0. The molecule has 0 aromatic carbocycles. The molecule has 0 rings (SSSR count). The van der Waals surface area contributed by atoms with Crippen LogP contribution in [-0.4, -0.2) is 19.8 Å². The van der Waals surface area contributed by atoms with E-state index in [4.69, 9.17) is 10.5 Å². The van der Waals surface area contributed by atoms with Gasteiger partial charge < -0.3 is 10.5 Å². The maximum absolute atomic E-state index is 5.69. The van der Waals surface area contributed by atoms with Crippen LogP contribution in [0.4, 0.5) is 0 Å². The Morgan fingerprint density at radius 2 is 2.11 bits per heavy atom. The van der Waals surface area contributed by atoms with Crippen molar-refractivity contribution < 1.29 is 4.74 Å². The molecule has 2 N–H and O–H groups in total. The molecule has 0 aromatic rings. The molecule has 1 atom stereocenters. The van der Waals surface area contributed by atoms with E-state index in [0.29, 0.717) is 0 Å². The van der Waals surface area contributed by atoms with Crippen molar-refractivity contribution >= 4 is 0 Å². The first-order valence-corrected chi connectivity index (χ1v) is 3.23. The van der Waals surface area contributed by atoms with Gasteiger partial charge in [-0.2, -0.15) is 0 Å². The first-order valence-electron chi connectivity index (χ1n) is 3.23. The summed E-state index contributed by atoms with van der Waals surface area (Å²) in [5.41, 5.74) is 5.69. The molecule has 0 aliphatic carbocycles. The third-order valence-electron chi connectivity index (χ3n) is 1.37. The van der Waals surface area contributed by atoms with Gasteiger partial charge in [0.05, 0.1) is 0 Å². The summed E-state index contributed by atoms with van der Waals surface area (Å²) in [5, 5.41) is 0. The van der Waals surface area contributed by atoms with Crippen molar-refractivity contribution in [2.45, 2.75) is 26.3 Å². The van der Waals surface area contributed by atoms with E-state index in [2.05, 4.69) is 0 Å². The summed E-state index contributed by atoms with van der Waals surface area (Å²) in [6.45, 7) is 4.84. The van der Waals surface area contributed by atoms with Crippen LogP contribution < -0.4 is 5.73 Å². The molecule has 2 heteroatoms. The van der Waals surface area contributed by atoms with E-state index in [9.17, 15) is 0 Å². The summed E-state index contributed by atoms with van der Waals surface area (Å²) < 4.78 is 4.87. The molecular formula is C7H16NO. The second-order valence-electron chi connectivity index (χ2n) is 2.47. The van der Waals surface area contributed by atoms with Crippen LogP contribution >= 0.6 is 0 Å². The van der Waals surface area contributed by atoms with Gasteiger partial charge in [-0.25, -0.2) is 0 Å². The van der Waals surface area contributed by atoms with Crippen LogP contribution in [0.15, 0.2) is 0 Å². The zero-order chi connectivity index (χ0) is 7.28. The molecule has 0 heterocycles. The summed E-state index contributed by atoms with van der Waals surface area (Å²) in [6.07, 6.45) is 0.929. The highest BCUT2D eigenvalue weighted by Crippen LogP contribution is 2.04. The van der Waals surface area contributed by atoms with E-state index in [1.807, 2.05) is 13.8 Å². The van der Waals surface area contributed by atoms with Crippen molar-refractivity contribution in [3.05, 3.63) is 5.92 Å². The van der Waals surface area contributed by atoms with Crippen molar-refractivity contribution in [3.8, 4) is 0 Å². The third-order valence-corrected chi connectivity index (χ3v) is 1.37. The lowest BCUT2D eigenvalue weighted by Crippen LogP contribution is -2.26. The summed E-state index contributed by atoms with van der Waals surface area (Å²) >= 11 is 0. The monoisotopic (exact) mass is 130 g/mol. The van der Waals surface area contributed by atoms with Gasteiger partial charge in [-0.1, -0.05) is 13.8 Å². The molecule has 0 saturated carbocycles. The van der Waals surface area contributed by atoms with E-state index in [1.54, 1.807) is 7.11 Å². The van der Waals surface area contributed by atoms with Crippen molar-refractivity contribution in [3.63, 3.8) is 0 Å². The van der Waals surface area contributed by atoms with Gasteiger partial charge in [0.1, 0.15) is 0 Å². The van der Waals surface area contributed by atoms with Gasteiger partial charge in [0.25, 0.3) is 0 Å². The number of ether oxygens (including phenoxy) is 1. The molecule has 0 aliphatic rings. The SMILES string of the molecule is COCCC(N)[C](C)C. The van der Waals surface area contributed by atoms with Crippen LogP contribution in [-0.2, 0) is 4.74 Å². The average molecular weight is 130 g/mol. The van der Waals surface area contributed by atoms with Gasteiger partial charge in [-0.3, -0.25) is 0 Å². The largest absolute Gasteiger partial charge is 0.385 e. The maximum Gasteiger partial charge on any atom is 0.0477 e. The Morgan fingerprint density at radius 3 is 2.44 bits per heavy atom. The molecule has 1 radical (unpaired) electrons. The average Bonchev–Trinajstić information content (AvgIpc) is 1.82. The van der Waals surface area contributed by atoms with E-state index >= 15 is 0 Å². The minimum atomic E-state index is 0.213. The fourth-order valence-corrected chi connectivity index (χ4v) is 0.533. The Balaban J connectivity index is 3.16. The standard InChI is InChI=1S/C7H16NO/c1-6(2)7(8)4-5-9-3/h7H,4-5,8H2,1-3H3. The molecule has 55 valence electrons. The molecule has 0 bridgehead atoms. The van der Waals surface area contributed by atoms with Crippen molar-refractivity contribution in [1.29, 1.82) is 0 Å². The minimum absolute atomic E-state index is 0.213. The molecule has 1 unspecified atom stereocenters. The van der Waals surface area contributed by atoms with E-state index in [0.717, 1.165) is 13.0 Å². The van der Waals surface area contributed by atoms with Crippen molar-refractivity contribution in [2.24, 2.45) is 5.73 Å². The fourth-order valence-electron chi connectivity index (χ4n) is 0.533. The van der Waals surface area contributed by atoms with Crippen LogP contribution in [0.5, 0.6) is 0 Å². The van der Waals surface area contributed by atoms with Gasteiger partial charge in [0.15, 0.2) is 0 Å². The predicted octanol–water partition coefficient (Wildman–Crippen LogP) is 0.964. The quantitative estimate of drug-likeness (QED) is 0.615. The zero-order valence-electron chi connectivity index (χ0n) is 6.48. The number of hydrogen-bond acceptors (Lipinski definition) is 2.